The van der Waals surface area contributed by atoms with E-state index in [4.69, 9.17) is 0 Å². The van der Waals surface area contributed by atoms with Crippen molar-refractivity contribution in [1.29, 1.82) is 0 Å². The summed E-state index contributed by atoms with van der Waals surface area (Å²) < 4.78 is 3.46. The molecule has 1 atom stereocenters. The van der Waals surface area contributed by atoms with E-state index in [1.54, 1.807) is 0 Å². The zero-order valence-corrected chi connectivity index (χ0v) is 14.0. The largest absolute Gasteiger partial charge is 0.307 e. The number of nitrogens with zero attached hydrogens (tertiary/aromatic N) is 1. The minimum atomic E-state index is 0.445. The highest BCUT2D eigenvalue weighted by molar-refractivity contribution is 14.1. The number of rotatable bonds is 2. The fourth-order valence-electron chi connectivity index (χ4n) is 2.37. The van der Waals surface area contributed by atoms with Gasteiger partial charge in [-0.3, -0.25) is 0 Å². The molecule has 2 aromatic rings. The summed E-state index contributed by atoms with van der Waals surface area (Å²) in [6.45, 7) is 0. The summed E-state index contributed by atoms with van der Waals surface area (Å²) in [5.74, 6) is 0. The average Bonchev–Trinajstić information content (AvgIpc) is 2.83. The lowest BCUT2D eigenvalue weighted by Gasteiger charge is -2.23. The second-order valence-corrected chi connectivity index (χ2v) is 6.52. The van der Waals surface area contributed by atoms with Gasteiger partial charge in [0.15, 0.2) is 0 Å². The van der Waals surface area contributed by atoms with Crippen LogP contribution in [0.15, 0.2) is 65.1 Å². The van der Waals surface area contributed by atoms with Crippen LogP contribution in [0.1, 0.15) is 23.6 Å². The van der Waals surface area contributed by atoms with Crippen LogP contribution < -0.4 is 0 Å². The smallest absolute Gasteiger partial charge is 0.0677 e. The summed E-state index contributed by atoms with van der Waals surface area (Å²) >= 11 is 5.91. The van der Waals surface area contributed by atoms with E-state index >= 15 is 0 Å². The molecule has 0 saturated heterocycles. The summed E-state index contributed by atoms with van der Waals surface area (Å²) in [7, 11) is 0. The van der Waals surface area contributed by atoms with Gasteiger partial charge in [0.1, 0.15) is 0 Å². The van der Waals surface area contributed by atoms with E-state index in [-0.39, 0.29) is 0 Å². The molecule has 1 aliphatic rings. The standard InChI is InChI=1S/C16H13BrIN/c17-14-8-6-13(7-9-14)16-11-10-15(19(16)18)12-4-2-1-3-5-12/h1-9,11,15H,10H2. The molecule has 1 aliphatic heterocycles. The molecule has 19 heavy (non-hydrogen) atoms. The highest BCUT2D eigenvalue weighted by Gasteiger charge is 2.26. The van der Waals surface area contributed by atoms with Crippen molar-refractivity contribution in [3.05, 3.63) is 76.3 Å². The monoisotopic (exact) mass is 425 g/mol. The first-order valence-electron chi connectivity index (χ1n) is 6.22. The first-order chi connectivity index (χ1) is 9.25. The van der Waals surface area contributed by atoms with Crippen molar-refractivity contribution < 1.29 is 0 Å². The molecule has 0 aromatic heterocycles. The molecule has 0 amide bonds. The quantitative estimate of drug-likeness (QED) is 0.448. The van der Waals surface area contributed by atoms with Crippen LogP contribution in [0.5, 0.6) is 0 Å². The van der Waals surface area contributed by atoms with E-state index in [1.165, 1.54) is 16.8 Å². The van der Waals surface area contributed by atoms with Crippen LogP contribution >= 0.6 is 38.8 Å². The Morgan fingerprint density at radius 2 is 1.68 bits per heavy atom. The van der Waals surface area contributed by atoms with Crippen LogP contribution in [-0.4, -0.2) is 3.11 Å². The molecule has 0 aliphatic carbocycles. The van der Waals surface area contributed by atoms with Crippen molar-refractivity contribution in [3.63, 3.8) is 0 Å². The van der Waals surface area contributed by atoms with Crippen molar-refractivity contribution in [1.82, 2.24) is 3.11 Å². The Hall–Kier alpha value is -0.810. The third kappa shape index (κ3) is 2.72. The SMILES string of the molecule is Brc1ccc(C2=CCC(c3ccccc3)N2I)cc1. The van der Waals surface area contributed by atoms with E-state index in [0.717, 1.165) is 10.9 Å². The van der Waals surface area contributed by atoms with Crippen LogP contribution in [0.2, 0.25) is 0 Å². The first-order valence-corrected chi connectivity index (χ1v) is 7.97. The van der Waals surface area contributed by atoms with Crippen LogP contribution in [0.3, 0.4) is 0 Å². The number of hydrogen-bond acceptors (Lipinski definition) is 1. The van der Waals surface area contributed by atoms with Crippen LogP contribution in [-0.2, 0) is 0 Å². The second kappa shape index (κ2) is 5.67. The molecule has 2 aromatic carbocycles. The average molecular weight is 426 g/mol. The Labute approximate surface area is 135 Å². The van der Waals surface area contributed by atoms with Gasteiger partial charge in [0.05, 0.1) is 28.9 Å². The number of hydrogen-bond donors (Lipinski definition) is 0. The van der Waals surface area contributed by atoms with Gasteiger partial charge < -0.3 is 3.11 Å². The predicted octanol–water partition coefficient (Wildman–Crippen LogP) is 5.59. The maximum Gasteiger partial charge on any atom is 0.0677 e. The summed E-state index contributed by atoms with van der Waals surface area (Å²) in [6.07, 6.45) is 3.39. The van der Waals surface area contributed by atoms with Crippen LogP contribution in [0.4, 0.5) is 0 Å². The van der Waals surface area contributed by atoms with Crippen LogP contribution in [0, 0.1) is 0 Å². The zero-order chi connectivity index (χ0) is 13.2. The minimum absolute atomic E-state index is 0.445. The molecular weight excluding hydrogens is 413 g/mol. The Morgan fingerprint density at radius 1 is 1.00 bits per heavy atom. The Morgan fingerprint density at radius 3 is 2.37 bits per heavy atom. The molecular formula is C16H13BrIN. The van der Waals surface area contributed by atoms with Gasteiger partial charge in [0, 0.05) is 10.2 Å². The predicted molar refractivity (Wildman–Crippen MR) is 91.8 cm³/mol. The maximum atomic E-state index is 3.48. The lowest BCUT2D eigenvalue weighted by molar-refractivity contribution is 0.544. The number of halogens is 2. The third-order valence-corrected chi connectivity index (χ3v) is 5.08. The molecule has 0 saturated carbocycles. The van der Waals surface area contributed by atoms with Crippen molar-refractivity contribution >= 4 is 44.5 Å². The van der Waals surface area contributed by atoms with Crippen molar-refractivity contribution in [2.24, 2.45) is 0 Å². The number of benzene rings is 2. The topological polar surface area (TPSA) is 3.24 Å². The summed E-state index contributed by atoms with van der Waals surface area (Å²) in [5, 5.41) is 0. The highest BCUT2D eigenvalue weighted by atomic mass is 127. The normalized spacial score (nSPS) is 18.5. The van der Waals surface area contributed by atoms with Gasteiger partial charge in [0.2, 0.25) is 0 Å². The fraction of sp³-hybridized carbons (Fsp3) is 0.125. The molecule has 1 nitrogen and oxygen atoms in total. The summed E-state index contributed by atoms with van der Waals surface area (Å²) in [6, 6.07) is 19.6. The lowest BCUT2D eigenvalue weighted by atomic mass is 10.1. The Bertz CT molecular complexity index is 592. The maximum absolute atomic E-state index is 3.48. The van der Waals surface area contributed by atoms with Gasteiger partial charge in [0.25, 0.3) is 0 Å². The molecule has 96 valence electrons. The lowest BCUT2D eigenvalue weighted by Crippen LogP contribution is -2.11. The Kier molecular flexibility index (Phi) is 3.93. The molecule has 0 radical (unpaired) electrons. The molecule has 1 heterocycles. The third-order valence-electron chi connectivity index (χ3n) is 3.36. The van der Waals surface area contributed by atoms with Crippen molar-refractivity contribution in [2.75, 3.05) is 0 Å². The van der Waals surface area contributed by atoms with Gasteiger partial charge >= 0.3 is 0 Å². The molecule has 0 fully saturated rings. The molecule has 3 heteroatoms. The molecule has 1 unspecified atom stereocenters. The minimum Gasteiger partial charge on any atom is -0.307 e. The molecule has 3 rings (SSSR count). The molecule has 0 spiro atoms. The molecule has 0 bridgehead atoms. The van der Waals surface area contributed by atoms with Gasteiger partial charge in [-0.25, -0.2) is 0 Å². The van der Waals surface area contributed by atoms with Gasteiger partial charge in [-0.05, 0) is 29.7 Å². The zero-order valence-electron chi connectivity index (χ0n) is 10.3. The van der Waals surface area contributed by atoms with E-state index in [1.807, 2.05) is 0 Å². The second-order valence-electron chi connectivity index (χ2n) is 4.57. The Balaban J connectivity index is 1.85. The van der Waals surface area contributed by atoms with E-state index in [2.05, 4.69) is 103 Å². The van der Waals surface area contributed by atoms with E-state index in [0.29, 0.717) is 6.04 Å². The summed E-state index contributed by atoms with van der Waals surface area (Å²) in [4.78, 5) is 0. The van der Waals surface area contributed by atoms with Gasteiger partial charge in [-0.2, -0.15) is 0 Å². The van der Waals surface area contributed by atoms with E-state index in [9.17, 15) is 0 Å². The summed E-state index contributed by atoms with van der Waals surface area (Å²) in [5.41, 5.74) is 3.96. The van der Waals surface area contributed by atoms with Gasteiger partial charge in [-0.15, -0.1) is 0 Å². The fourth-order valence-corrected chi connectivity index (χ4v) is 3.66. The first kappa shape index (κ1) is 13.2. The molecule has 0 N–H and O–H groups in total. The van der Waals surface area contributed by atoms with Crippen molar-refractivity contribution in [3.8, 4) is 0 Å². The highest BCUT2D eigenvalue weighted by Crippen LogP contribution is 2.41. The van der Waals surface area contributed by atoms with Crippen molar-refractivity contribution in [2.45, 2.75) is 12.5 Å². The van der Waals surface area contributed by atoms with Crippen LogP contribution in [0.25, 0.3) is 5.70 Å². The van der Waals surface area contributed by atoms with E-state index < -0.39 is 0 Å². The van der Waals surface area contributed by atoms with Gasteiger partial charge in [-0.1, -0.05) is 64.5 Å².